The standard InChI is InChI=1S/C13H11FN4OS/c1-2-7-15-11(19)8-20-13-16-12(17-18-13)9-5-3-4-6-10(9)14/h1,3-6H,7-8H2,(H,15,19)(H,16,17,18). The molecule has 0 fully saturated rings. The lowest BCUT2D eigenvalue weighted by Gasteiger charge is -1.98. The second-order valence-electron chi connectivity index (χ2n) is 3.72. The predicted molar refractivity (Wildman–Crippen MR) is 74.3 cm³/mol. The van der Waals surface area contributed by atoms with Crippen LogP contribution >= 0.6 is 11.8 Å². The molecule has 2 aromatic rings. The number of nitrogens with one attached hydrogen (secondary N) is 2. The van der Waals surface area contributed by atoms with Crippen molar-refractivity contribution in [3.05, 3.63) is 30.1 Å². The van der Waals surface area contributed by atoms with Gasteiger partial charge in [0.05, 0.1) is 17.9 Å². The predicted octanol–water partition coefficient (Wildman–Crippen LogP) is 1.45. The number of carbonyl (C=O) groups is 1. The first kappa shape index (κ1) is 14.1. The Kier molecular flexibility index (Phi) is 4.74. The number of halogens is 1. The molecule has 0 aliphatic carbocycles. The third kappa shape index (κ3) is 3.59. The molecule has 0 spiro atoms. The van der Waals surface area contributed by atoms with E-state index in [0.717, 1.165) is 11.8 Å². The van der Waals surface area contributed by atoms with E-state index in [1.54, 1.807) is 18.2 Å². The number of nitrogens with zero attached hydrogens (tertiary/aromatic N) is 2. The highest BCUT2D eigenvalue weighted by Gasteiger charge is 2.11. The van der Waals surface area contributed by atoms with Crippen LogP contribution < -0.4 is 5.32 Å². The van der Waals surface area contributed by atoms with Gasteiger partial charge in [-0.1, -0.05) is 29.8 Å². The molecule has 1 aromatic heterocycles. The van der Waals surface area contributed by atoms with E-state index >= 15 is 0 Å². The molecule has 0 saturated carbocycles. The average molecular weight is 290 g/mol. The van der Waals surface area contributed by atoms with E-state index in [-0.39, 0.29) is 24.0 Å². The van der Waals surface area contributed by atoms with Crippen LogP contribution in [0.1, 0.15) is 0 Å². The summed E-state index contributed by atoms with van der Waals surface area (Å²) in [5.74, 6) is 2.20. The molecule has 1 heterocycles. The maximum Gasteiger partial charge on any atom is 0.231 e. The minimum absolute atomic E-state index is 0.149. The first-order valence-electron chi connectivity index (χ1n) is 5.71. The second kappa shape index (κ2) is 6.73. The lowest BCUT2D eigenvalue weighted by Crippen LogP contribution is -2.25. The minimum atomic E-state index is -0.382. The highest BCUT2D eigenvalue weighted by Crippen LogP contribution is 2.21. The Bertz CT molecular complexity index is 650. The van der Waals surface area contributed by atoms with Gasteiger partial charge in [0.25, 0.3) is 0 Å². The van der Waals surface area contributed by atoms with Gasteiger partial charge in [-0.3, -0.25) is 9.89 Å². The smallest absolute Gasteiger partial charge is 0.231 e. The summed E-state index contributed by atoms with van der Waals surface area (Å²) in [6.07, 6.45) is 5.03. The van der Waals surface area contributed by atoms with E-state index in [1.165, 1.54) is 6.07 Å². The molecule has 0 aliphatic heterocycles. The maximum absolute atomic E-state index is 13.6. The number of aromatic amines is 1. The van der Waals surface area contributed by atoms with Crippen molar-refractivity contribution < 1.29 is 9.18 Å². The van der Waals surface area contributed by atoms with Crippen LogP contribution in [0.25, 0.3) is 11.4 Å². The summed E-state index contributed by atoms with van der Waals surface area (Å²) in [6.45, 7) is 0.188. The number of aromatic nitrogens is 3. The van der Waals surface area contributed by atoms with Crippen molar-refractivity contribution in [2.45, 2.75) is 5.16 Å². The lowest BCUT2D eigenvalue weighted by molar-refractivity contribution is -0.118. The summed E-state index contributed by atoms with van der Waals surface area (Å²) < 4.78 is 13.6. The maximum atomic E-state index is 13.6. The first-order chi connectivity index (χ1) is 9.70. The first-order valence-corrected chi connectivity index (χ1v) is 6.69. The summed E-state index contributed by atoms with van der Waals surface area (Å²) in [6, 6.07) is 6.25. The quantitative estimate of drug-likeness (QED) is 0.646. The molecule has 0 bridgehead atoms. The number of hydrogen-bond acceptors (Lipinski definition) is 4. The van der Waals surface area contributed by atoms with Crippen molar-refractivity contribution in [3.63, 3.8) is 0 Å². The van der Waals surface area contributed by atoms with Crippen LogP contribution in [-0.4, -0.2) is 33.4 Å². The van der Waals surface area contributed by atoms with Crippen LogP contribution in [0.2, 0.25) is 0 Å². The Labute approximate surface area is 119 Å². The van der Waals surface area contributed by atoms with Crippen LogP contribution in [0, 0.1) is 18.2 Å². The molecule has 2 rings (SSSR count). The number of hydrogen-bond donors (Lipinski definition) is 2. The molecule has 0 aliphatic rings. The van der Waals surface area contributed by atoms with Crippen LogP contribution in [0.5, 0.6) is 0 Å². The third-order valence-corrected chi connectivity index (χ3v) is 3.16. The van der Waals surface area contributed by atoms with Gasteiger partial charge < -0.3 is 5.32 Å². The minimum Gasteiger partial charge on any atom is -0.344 e. The van der Waals surface area contributed by atoms with Crippen LogP contribution in [0.15, 0.2) is 29.4 Å². The Hall–Kier alpha value is -2.33. The SMILES string of the molecule is C#CCNC(=O)CSc1n[nH]c(-c2ccccc2F)n1. The fourth-order valence-corrected chi connectivity index (χ4v) is 2.04. The zero-order chi connectivity index (χ0) is 14.4. The fraction of sp³-hybridized carbons (Fsp3) is 0.154. The van der Waals surface area contributed by atoms with E-state index in [4.69, 9.17) is 6.42 Å². The Morgan fingerprint density at radius 2 is 2.30 bits per heavy atom. The van der Waals surface area contributed by atoms with Gasteiger partial charge in [0.15, 0.2) is 5.82 Å². The molecule has 102 valence electrons. The number of benzene rings is 1. The molecule has 0 saturated heterocycles. The third-order valence-electron chi connectivity index (χ3n) is 2.31. The monoisotopic (exact) mass is 290 g/mol. The summed E-state index contributed by atoms with van der Waals surface area (Å²) in [7, 11) is 0. The van der Waals surface area contributed by atoms with Crippen molar-refractivity contribution in [1.82, 2.24) is 20.5 Å². The molecule has 0 atom stereocenters. The molecule has 2 N–H and O–H groups in total. The number of carbonyl (C=O) groups excluding carboxylic acids is 1. The second-order valence-corrected chi connectivity index (χ2v) is 4.66. The molecular weight excluding hydrogens is 279 g/mol. The van der Waals surface area contributed by atoms with Crippen LogP contribution in [-0.2, 0) is 4.79 Å². The zero-order valence-corrected chi connectivity index (χ0v) is 11.2. The van der Waals surface area contributed by atoms with E-state index in [9.17, 15) is 9.18 Å². The van der Waals surface area contributed by atoms with Gasteiger partial charge in [0, 0.05) is 0 Å². The zero-order valence-electron chi connectivity index (χ0n) is 10.4. The summed E-state index contributed by atoms with van der Waals surface area (Å²) in [5, 5.41) is 9.47. The van der Waals surface area contributed by atoms with Crippen LogP contribution in [0.4, 0.5) is 4.39 Å². The van der Waals surface area contributed by atoms with Crippen molar-refractivity contribution in [3.8, 4) is 23.7 Å². The Morgan fingerprint density at radius 3 is 3.05 bits per heavy atom. The van der Waals surface area contributed by atoms with Gasteiger partial charge in [0.2, 0.25) is 11.1 Å². The topological polar surface area (TPSA) is 70.7 Å². The van der Waals surface area contributed by atoms with E-state index in [1.807, 2.05) is 0 Å². The van der Waals surface area contributed by atoms with Gasteiger partial charge in [-0.05, 0) is 12.1 Å². The normalized spacial score (nSPS) is 10.0. The Balaban J connectivity index is 1.98. The average Bonchev–Trinajstić information content (AvgIpc) is 2.92. The molecule has 0 radical (unpaired) electrons. The molecule has 5 nitrogen and oxygen atoms in total. The molecule has 1 amide bonds. The summed E-state index contributed by atoms with van der Waals surface area (Å²) >= 11 is 1.14. The highest BCUT2D eigenvalue weighted by molar-refractivity contribution is 7.99. The lowest BCUT2D eigenvalue weighted by atomic mass is 10.2. The highest BCUT2D eigenvalue weighted by atomic mass is 32.2. The van der Waals surface area contributed by atoms with E-state index < -0.39 is 0 Å². The fourth-order valence-electron chi connectivity index (χ4n) is 1.42. The van der Waals surface area contributed by atoms with Gasteiger partial charge in [-0.15, -0.1) is 11.5 Å². The molecule has 0 unspecified atom stereocenters. The van der Waals surface area contributed by atoms with Gasteiger partial charge in [-0.25, -0.2) is 9.37 Å². The molecule has 1 aromatic carbocycles. The van der Waals surface area contributed by atoms with Crippen molar-refractivity contribution >= 4 is 17.7 Å². The van der Waals surface area contributed by atoms with Gasteiger partial charge in [0.1, 0.15) is 5.82 Å². The van der Waals surface area contributed by atoms with Gasteiger partial charge in [-0.2, -0.15) is 0 Å². The number of amides is 1. The summed E-state index contributed by atoms with van der Waals surface area (Å²) in [5.41, 5.74) is 0.337. The molecule has 7 heteroatoms. The number of H-pyrrole nitrogens is 1. The largest absolute Gasteiger partial charge is 0.344 e. The van der Waals surface area contributed by atoms with E-state index in [2.05, 4.69) is 26.4 Å². The molecular formula is C13H11FN4OS. The van der Waals surface area contributed by atoms with Gasteiger partial charge >= 0.3 is 0 Å². The number of thioether (sulfide) groups is 1. The Morgan fingerprint density at radius 1 is 1.50 bits per heavy atom. The summed E-state index contributed by atoms with van der Waals surface area (Å²) in [4.78, 5) is 15.5. The van der Waals surface area contributed by atoms with Crippen LogP contribution in [0.3, 0.4) is 0 Å². The van der Waals surface area contributed by atoms with Crippen molar-refractivity contribution in [1.29, 1.82) is 0 Å². The van der Waals surface area contributed by atoms with E-state index in [0.29, 0.717) is 16.5 Å². The molecule has 20 heavy (non-hydrogen) atoms. The number of rotatable bonds is 5. The van der Waals surface area contributed by atoms with Crippen molar-refractivity contribution in [2.24, 2.45) is 0 Å². The van der Waals surface area contributed by atoms with Crippen molar-refractivity contribution in [2.75, 3.05) is 12.3 Å². The number of terminal acetylenes is 1.